The van der Waals surface area contributed by atoms with E-state index in [-0.39, 0.29) is 12.1 Å². The van der Waals surface area contributed by atoms with E-state index in [0.29, 0.717) is 18.4 Å². The van der Waals surface area contributed by atoms with Gasteiger partial charge < -0.3 is 5.32 Å². The topological polar surface area (TPSA) is 61.4 Å². The van der Waals surface area contributed by atoms with Crippen LogP contribution >= 0.6 is 0 Å². The van der Waals surface area contributed by atoms with Crippen molar-refractivity contribution in [3.8, 4) is 0 Å². The molecule has 1 aliphatic carbocycles. The summed E-state index contributed by atoms with van der Waals surface area (Å²) in [6, 6.07) is 0.391. The molecule has 5 nitrogen and oxygen atoms in total. The first-order chi connectivity index (χ1) is 8.12. The number of fused-ring (bicyclic) bond motifs is 1. The molecule has 3 aliphatic rings. The van der Waals surface area contributed by atoms with Crippen molar-refractivity contribution < 1.29 is 8.42 Å². The molecule has 0 amide bonds. The largest absolute Gasteiger partial charge is 0.316 e. The SMILES string of the molecule is CCC1C2CNCC2CN1S(=O)(=O)NC1CC1. The maximum Gasteiger partial charge on any atom is 0.279 e. The Bertz CT molecular complexity index is 394. The third-order valence-corrected chi connectivity index (χ3v) is 5.96. The Morgan fingerprint density at radius 3 is 2.76 bits per heavy atom. The zero-order valence-corrected chi connectivity index (χ0v) is 11.0. The van der Waals surface area contributed by atoms with Gasteiger partial charge in [0, 0.05) is 18.6 Å². The molecule has 3 fully saturated rings. The van der Waals surface area contributed by atoms with Crippen LogP contribution in [0.3, 0.4) is 0 Å². The van der Waals surface area contributed by atoms with E-state index in [4.69, 9.17) is 0 Å². The van der Waals surface area contributed by atoms with Gasteiger partial charge in [-0.15, -0.1) is 0 Å². The quantitative estimate of drug-likeness (QED) is 0.742. The lowest BCUT2D eigenvalue weighted by molar-refractivity contribution is 0.325. The van der Waals surface area contributed by atoms with Gasteiger partial charge >= 0.3 is 0 Å². The predicted octanol–water partition coefficient (Wildman–Crippen LogP) is -0.0870. The molecule has 2 heterocycles. The van der Waals surface area contributed by atoms with Crippen LogP contribution in [0.25, 0.3) is 0 Å². The Morgan fingerprint density at radius 1 is 1.35 bits per heavy atom. The summed E-state index contributed by atoms with van der Waals surface area (Å²) in [6.07, 6.45) is 2.91. The van der Waals surface area contributed by atoms with Gasteiger partial charge in [-0.25, -0.2) is 0 Å². The highest BCUT2D eigenvalue weighted by atomic mass is 32.2. The summed E-state index contributed by atoms with van der Waals surface area (Å²) in [6.45, 7) is 4.72. The van der Waals surface area contributed by atoms with Crippen molar-refractivity contribution in [3.63, 3.8) is 0 Å². The predicted molar refractivity (Wildman–Crippen MR) is 65.7 cm³/mol. The summed E-state index contributed by atoms with van der Waals surface area (Å²) >= 11 is 0. The molecule has 0 radical (unpaired) electrons. The molecule has 6 heteroatoms. The van der Waals surface area contributed by atoms with Gasteiger partial charge in [0.15, 0.2) is 0 Å². The van der Waals surface area contributed by atoms with Crippen molar-refractivity contribution in [2.75, 3.05) is 19.6 Å². The van der Waals surface area contributed by atoms with Gasteiger partial charge in [-0.05, 0) is 44.2 Å². The van der Waals surface area contributed by atoms with Crippen molar-refractivity contribution >= 4 is 10.2 Å². The minimum Gasteiger partial charge on any atom is -0.316 e. The van der Waals surface area contributed by atoms with Crippen molar-refractivity contribution in [1.29, 1.82) is 0 Å². The van der Waals surface area contributed by atoms with Crippen molar-refractivity contribution in [2.45, 2.75) is 38.3 Å². The van der Waals surface area contributed by atoms with Gasteiger partial charge in [-0.3, -0.25) is 0 Å². The lowest BCUT2D eigenvalue weighted by Gasteiger charge is -2.26. The Kier molecular flexibility index (Phi) is 2.93. The van der Waals surface area contributed by atoms with Gasteiger partial charge in [0.05, 0.1) is 0 Å². The van der Waals surface area contributed by atoms with Gasteiger partial charge in [0.1, 0.15) is 0 Å². The van der Waals surface area contributed by atoms with E-state index in [0.717, 1.165) is 32.4 Å². The maximum atomic E-state index is 12.3. The molecule has 3 atom stereocenters. The van der Waals surface area contributed by atoms with Crippen LogP contribution in [-0.4, -0.2) is 44.4 Å². The minimum atomic E-state index is -3.24. The van der Waals surface area contributed by atoms with E-state index in [2.05, 4.69) is 17.0 Å². The van der Waals surface area contributed by atoms with Crippen LogP contribution in [0.2, 0.25) is 0 Å². The standard InChI is InChI=1S/C11H21N3O2S/c1-2-11-10-6-12-5-8(10)7-14(11)17(15,16)13-9-3-4-9/h8-13H,2-7H2,1H3. The molecule has 98 valence electrons. The second-order valence-corrected chi connectivity index (χ2v) is 7.18. The highest BCUT2D eigenvalue weighted by Gasteiger charge is 2.48. The average molecular weight is 259 g/mol. The number of nitrogens with one attached hydrogen (secondary N) is 2. The maximum absolute atomic E-state index is 12.3. The number of hydrogen-bond donors (Lipinski definition) is 2. The van der Waals surface area contributed by atoms with E-state index in [1.54, 1.807) is 4.31 Å². The second kappa shape index (κ2) is 4.19. The van der Waals surface area contributed by atoms with Crippen molar-refractivity contribution in [2.24, 2.45) is 11.8 Å². The monoisotopic (exact) mass is 259 g/mol. The normalized spacial score (nSPS) is 38.5. The molecule has 2 saturated heterocycles. The number of hydrogen-bond acceptors (Lipinski definition) is 3. The molecule has 3 rings (SSSR count). The van der Waals surface area contributed by atoms with Crippen LogP contribution < -0.4 is 10.0 Å². The number of rotatable bonds is 4. The van der Waals surface area contributed by atoms with Crippen LogP contribution in [-0.2, 0) is 10.2 Å². The van der Waals surface area contributed by atoms with E-state index < -0.39 is 10.2 Å². The molecule has 0 spiro atoms. The molecule has 0 aromatic heterocycles. The summed E-state index contributed by atoms with van der Waals surface area (Å²) in [5, 5.41) is 3.37. The molecule has 3 unspecified atom stereocenters. The van der Waals surface area contributed by atoms with E-state index in [9.17, 15) is 8.42 Å². The van der Waals surface area contributed by atoms with Crippen molar-refractivity contribution in [3.05, 3.63) is 0 Å². The fourth-order valence-electron chi connectivity index (χ4n) is 3.25. The molecule has 0 aromatic rings. The third kappa shape index (κ3) is 2.12. The van der Waals surface area contributed by atoms with Crippen LogP contribution in [0, 0.1) is 11.8 Å². The zero-order valence-electron chi connectivity index (χ0n) is 10.2. The highest BCUT2D eigenvalue weighted by Crippen LogP contribution is 2.36. The van der Waals surface area contributed by atoms with Gasteiger partial charge in [-0.1, -0.05) is 6.92 Å². The van der Waals surface area contributed by atoms with Crippen LogP contribution in [0.5, 0.6) is 0 Å². The first kappa shape index (κ1) is 11.9. The summed E-state index contributed by atoms with van der Waals surface area (Å²) in [4.78, 5) is 0. The van der Waals surface area contributed by atoms with E-state index >= 15 is 0 Å². The van der Waals surface area contributed by atoms with Gasteiger partial charge in [0.2, 0.25) is 0 Å². The molecule has 17 heavy (non-hydrogen) atoms. The molecular formula is C11H21N3O2S. The van der Waals surface area contributed by atoms with Gasteiger partial charge in [0.25, 0.3) is 10.2 Å². The first-order valence-electron chi connectivity index (χ1n) is 6.61. The summed E-state index contributed by atoms with van der Waals surface area (Å²) in [7, 11) is -3.24. The third-order valence-electron chi connectivity index (χ3n) is 4.29. The molecular weight excluding hydrogens is 238 g/mol. The summed E-state index contributed by atoms with van der Waals surface area (Å²) < 4.78 is 29.1. The Labute approximate surface area is 103 Å². The highest BCUT2D eigenvalue weighted by molar-refractivity contribution is 7.87. The summed E-state index contributed by atoms with van der Waals surface area (Å²) in [5.74, 6) is 1.02. The lowest BCUT2D eigenvalue weighted by atomic mass is 9.93. The van der Waals surface area contributed by atoms with Crippen LogP contribution in [0.1, 0.15) is 26.2 Å². The molecule has 1 saturated carbocycles. The van der Waals surface area contributed by atoms with Crippen molar-refractivity contribution in [1.82, 2.24) is 14.3 Å². The minimum absolute atomic E-state index is 0.186. The zero-order chi connectivity index (χ0) is 12.0. The molecule has 0 aromatic carbocycles. The lowest BCUT2D eigenvalue weighted by Crippen LogP contribution is -2.46. The Morgan fingerprint density at radius 2 is 2.12 bits per heavy atom. The molecule has 2 aliphatic heterocycles. The first-order valence-corrected chi connectivity index (χ1v) is 8.05. The molecule has 2 N–H and O–H groups in total. The Balaban J connectivity index is 1.77. The second-order valence-electron chi connectivity index (χ2n) is 5.52. The summed E-state index contributed by atoms with van der Waals surface area (Å²) in [5.41, 5.74) is 0. The van der Waals surface area contributed by atoms with E-state index in [1.165, 1.54) is 0 Å². The number of nitrogens with zero attached hydrogens (tertiary/aromatic N) is 1. The van der Waals surface area contributed by atoms with E-state index in [1.807, 2.05) is 0 Å². The Hall–Kier alpha value is -0.170. The smallest absolute Gasteiger partial charge is 0.279 e. The molecule has 0 bridgehead atoms. The fraction of sp³-hybridized carbons (Fsp3) is 1.00. The van der Waals surface area contributed by atoms with Crippen LogP contribution in [0.15, 0.2) is 0 Å². The average Bonchev–Trinajstić information content (AvgIpc) is 2.82. The fourth-order valence-corrected chi connectivity index (χ4v) is 5.09. The van der Waals surface area contributed by atoms with Crippen LogP contribution in [0.4, 0.5) is 0 Å². The van der Waals surface area contributed by atoms with Gasteiger partial charge in [-0.2, -0.15) is 17.4 Å².